The molecule has 0 radical (unpaired) electrons. The first-order valence-electron chi connectivity index (χ1n) is 12.5. The molecule has 2 aromatic carbocycles. The zero-order valence-corrected chi connectivity index (χ0v) is 24.1. The molecule has 2 heterocycles. The Morgan fingerprint density at radius 3 is 2.44 bits per heavy atom. The lowest BCUT2D eigenvalue weighted by Crippen LogP contribution is -2.40. The zero-order valence-electron chi connectivity index (χ0n) is 22.4. The van der Waals surface area contributed by atoms with Crippen LogP contribution in [0.5, 0.6) is 5.75 Å². The molecule has 0 N–H and O–H groups in total. The number of allylic oxidation sites excluding steroid dienone is 1. The number of hydrogen-bond donors (Lipinski definition) is 0. The van der Waals surface area contributed by atoms with Gasteiger partial charge in [-0.25, -0.2) is 14.6 Å². The topological polar surface area (TPSA) is 96.2 Å². The van der Waals surface area contributed by atoms with E-state index in [2.05, 4.69) is 4.99 Å². The summed E-state index contributed by atoms with van der Waals surface area (Å²) in [5.74, 6) is -0.413. The van der Waals surface area contributed by atoms with Gasteiger partial charge >= 0.3 is 11.9 Å². The van der Waals surface area contributed by atoms with Gasteiger partial charge in [0.15, 0.2) is 11.4 Å². The zero-order chi connectivity index (χ0) is 28.1. The second-order valence-electron chi connectivity index (χ2n) is 8.97. The Morgan fingerprint density at radius 1 is 1.13 bits per heavy atom. The number of hydrogen-bond acceptors (Lipinski definition) is 9. The molecule has 39 heavy (non-hydrogen) atoms. The molecule has 204 valence electrons. The van der Waals surface area contributed by atoms with Crippen molar-refractivity contribution in [1.29, 1.82) is 0 Å². The summed E-state index contributed by atoms with van der Waals surface area (Å²) in [5, 5.41) is 0. The van der Waals surface area contributed by atoms with Gasteiger partial charge in [0, 0.05) is 4.90 Å². The van der Waals surface area contributed by atoms with E-state index in [9.17, 15) is 14.4 Å². The van der Waals surface area contributed by atoms with E-state index in [0.717, 1.165) is 16.0 Å². The van der Waals surface area contributed by atoms with Crippen molar-refractivity contribution in [3.63, 3.8) is 0 Å². The van der Waals surface area contributed by atoms with E-state index in [4.69, 9.17) is 14.2 Å². The Hall–Kier alpha value is -3.63. The minimum atomic E-state index is -0.663. The molecule has 0 saturated heterocycles. The Bertz CT molecular complexity index is 1570. The number of aromatic nitrogens is 1. The minimum Gasteiger partial charge on any atom is -0.482 e. The first-order valence-corrected chi connectivity index (χ1v) is 14.5. The van der Waals surface area contributed by atoms with E-state index in [1.54, 1.807) is 74.4 Å². The lowest BCUT2D eigenvalue weighted by Gasteiger charge is -2.25. The predicted octanol–water partition coefficient (Wildman–Crippen LogP) is 3.85. The van der Waals surface area contributed by atoms with E-state index in [1.807, 2.05) is 30.5 Å². The summed E-state index contributed by atoms with van der Waals surface area (Å²) in [6, 6.07) is 14.2. The molecule has 0 spiro atoms. The van der Waals surface area contributed by atoms with Crippen LogP contribution in [0, 0.1) is 0 Å². The maximum absolute atomic E-state index is 13.8. The normalized spacial score (nSPS) is 15.1. The summed E-state index contributed by atoms with van der Waals surface area (Å²) in [5.41, 5.74) is 2.20. The molecule has 0 saturated carbocycles. The van der Waals surface area contributed by atoms with Crippen LogP contribution in [0.2, 0.25) is 0 Å². The van der Waals surface area contributed by atoms with Crippen LogP contribution in [-0.4, -0.2) is 42.1 Å². The molecule has 1 aromatic heterocycles. The van der Waals surface area contributed by atoms with Gasteiger partial charge in [-0.15, -0.1) is 11.8 Å². The van der Waals surface area contributed by atoms with Crippen LogP contribution in [0.1, 0.15) is 44.9 Å². The highest BCUT2D eigenvalue weighted by Gasteiger charge is 2.33. The van der Waals surface area contributed by atoms with Crippen LogP contribution < -0.4 is 19.6 Å². The molecule has 0 bridgehead atoms. The van der Waals surface area contributed by atoms with Gasteiger partial charge in [0.05, 0.1) is 34.6 Å². The summed E-state index contributed by atoms with van der Waals surface area (Å²) in [4.78, 5) is 44.7. The van der Waals surface area contributed by atoms with E-state index in [0.29, 0.717) is 33.0 Å². The minimum absolute atomic E-state index is 0.176. The number of rotatable bonds is 9. The fraction of sp³-hybridized carbons (Fsp3) is 0.310. The fourth-order valence-electron chi connectivity index (χ4n) is 4.12. The van der Waals surface area contributed by atoms with Crippen molar-refractivity contribution in [2.24, 2.45) is 4.99 Å². The molecule has 0 unspecified atom stereocenters. The number of nitrogens with zero attached hydrogens (tertiary/aromatic N) is 2. The average Bonchev–Trinajstić information content (AvgIpc) is 3.21. The number of benzene rings is 2. The van der Waals surface area contributed by atoms with E-state index in [-0.39, 0.29) is 18.3 Å². The molecule has 1 aliphatic heterocycles. The lowest BCUT2D eigenvalue weighted by molar-refractivity contribution is -0.145. The van der Waals surface area contributed by atoms with Gasteiger partial charge in [-0.05, 0) is 75.4 Å². The second-order valence-corrected chi connectivity index (χ2v) is 10.9. The maximum atomic E-state index is 13.8. The quantitative estimate of drug-likeness (QED) is 0.287. The van der Waals surface area contributed by atoms with E-state index in [1.165, 1.54) is 11.3 Å². The van der Waals surface area contributed by atoms with Gasteiger partial charge in [-0.1, -0.05) is 35.6 Å². The molecule has 0 fully saturated rings. The lowest BCUT2D eigenvalue weighted by atomic mass is 9.96. The molecule has 3 aromatic rings. The first kappa shape index (κ1) is 28.4. The largest absolute Gasteiger partial charge is 0.482 e. The summed E-state index contributed by atoms with van der Waals surface area (Å²) in [7, 11) is 0. The number of fused-ring (bicyclic) bond motifs is 1. The van der Waals surface area contributed by atoms with Gasteiger partial charge in [0.25, 0.3) is 5.56 Å². The van der Waals surface area contributed by atoms with Gasteiger partial charge in [-0.3, -0.25) is 9.36 Å². The van der Waals surface area contributed by atoms with Crippen molar-refractivity contribution in [3.8, 4) is 5.75 Å². The maximum Gasteiger partial charge on any atom is 0.344 e. The van der Waals surface area contributed by atoms with Crippen molar-refractivity contribution in [2.75, 3.05) is 19.5 Å². The number of esters is 2. The van der Waals surface area contributed by atoms with Crippen LogP contribution in [0.4, 0.5) is 0 Å². The van der Waals surface area contributed by atoms with Crippen molar-refractivity contribution < 1.29 is 23.8 Å². The standard InChI is InChI=1S/C29H30N2O6S2/c1-6-35-24(32)16-36-21-11-7-19(8-12-21)15-23-27(33)31-26(20-9-13-22(38-5)14-10-20)25(28(34)37-17(2)3)18(4)30-29(31)39-23/h7-15,17,26H,6,16H2,1-5H3/b23-15-/t26-/m0/s1. The molecule has 0 amide bonds. The SMILES string of the molecule is CCOC(=O)COc1ccc(/C=c2\sc3n(c2=O)[C@@H](c2ccc(SC)cc2)C(C(=O)OC(C)C)=C(C)N=3)cc1. The van der Waals surface area contributed by atoms with Gasteiger partial charge in [0.1, 0.15) is 5.75 Å². The van der Waals surface area contributed by atoms with E-state index < -0.39 is 18.0 Å². The molecule has 8 nitrogen and oxygen atoms in total. The third-order valence-electron chi connectivity index (χ3n) is 5.86. The Balaban J connectivity index is 1.74. The van der Waals surface area contributed by atoms with Crippen LogP contribution in [0.25, 0.3) is 6.08 Å². The molecular weight excluding hydrogens is 536 g/mol. The molecule has 4 rings (SSSR count). The van der Waals surface area contributed by atoms with Crippen molar-refractivity contribution in [1.82, 2.24) is 4.57 Å². The molecule has 10 heteroatoms. The first-order chi connectivity index (χ1) is 18.7. The highest BCUT2D eigenvalue weighted by Crippen LogP contribution is 2.32. The number of ether oxygens (including phenoxy) is 3. The summed E-state index contributed by atoms with van der Waals surface area (Å²) >= 11 is 2.88. The number of carbonyl (C=O) groups is 2. The second kappa shape index (κ2) is 12.5. The molecule has 1 atom stereocenters. The average molecular weight is 567 g/mol. The third kappa shape index (κ3) is 6.51. The van der Waals surface area contributed by atoms with Crippen LogP contribution >= 0.6 is 23.1 Å². The predicted molar refractivity (Wildman–Crippen MR) is 152 cm³/mol. The van der Waals surface area contributed by atoms with E-state index >= 15 is 0 Å². The number of carbonyl (C=O) groups excluding carboxylic acids is 2. The number of thioether (sulfide) groups is 1. The number of thiazole rings is 1. The fourth-order valence-corrected chi connectivity index (χ4v) is 5.57. The van der Waals surface area contributed by atoms with Crippen molar-refractivity contribution in [2.45, 2.75) is 44.7 Å². The van der Waals surface area contributed by atoms with Gasteiger partial charge in [-0.2, -0.15) is 0 Å². The summed E-state index contributed by atoms with van der Waals surface area (Å²) in [6.07, 6.45) is 3.45. The highest BCUT2D eigenvalue weighted by molar-refractivity contribution is 7.98. The summed E-state index contributed by atoms with van der Waals surface area (Å²) < 4.78 is 17.9. The third-order valence-corrected chi connectivity index (χ3v) is 7.58. The van der Waals surface area contributed by atoms with Gasteiger partial charge in [0.2, 0.25) is 0 Å². The van der Waals surface area contributed by atoms with Gasteiger partial charge < -0.3 is 14.2 Å². The van der Waals surface area contributed by atoms with Crippen LogP contribution in [0.3, 0.4) is 0 Å². The smallest absolute Gasteiger partial charge is 0.344 e. The monoisotopic (exact) mass is 566 g/mol. The van der Waals surface area contributed by atoms with Crippen molar-refractivity contribution >= 4 is 41.1 Å². The molecular formula is C29H30N2O6S2. The van der Waals surface area contributed by atoms with Crippen LogP contribution in [0.15, 0.2) is 74.5 Å². The summed E-state index contributed by atoms with van der Waals surface area (Å²) in [6.45, 7) is 7.20. The van der Waals surface area contributed by atoms with Crippen molar-refractivity contribution in [3.05, 3.63) is 90.6 Å². The highest BCUT2D eigenvalue weighted by atomic mass is 32.2. The molecule has 1 aliphatic rings. The Labute approximate surface area is 234 Å². The van der Waals surface area contributed by atoms with Crippen LogP contribution in [-0.2, 0) is 19.1 Å². The Morgan fingerprint density at radius 2 is 1.82 bits per heavy atom. The Kier molecular flexibility index (Phi) is 9.08. The molecule has 0 aliphatic carbocycles.